The van der Waals surface area contributed by atoms with Crippen molar-refractivity contribution < 1.29 is 17.6 Å². The number of sulfonamides is 1. The van der Waals surface area contributed by atoms with E-state index < -0.39 is 28.3 Å². The molecule has 2 rings (SSSR count). The van der Waals surface area contributed by atoms with Crippen LogP contribution in [0, 0.1) is 19.7 Å². The van der Waals surface area contributed by atoms with Crippen LogP contribution in [-0.2, 0) is 14.8 Å². The topological polar surface area (TPSA) is 78.8 Å². The van der Waals surface area contributed by atoms with E-state index >= 15 is 0 Å². The predicted molar refractivity (Wildman–Crippen MR) is 105 cm³/mol. The Bertz CT molecular complexity index is 973. The third-order valence-electron chi connectivity index (χ3n) is 3.91. The summed E-state index contributed by atoms with van der Waals surface area (Å²) in [5, 5.41) is 3.80. The summed E-state index contributed by atoms with van der Waals surface area (Å²) in [5.41, 5.74) is 4.27. The second kappa shape index (κ2) is 8.49. The number of hydrogen-bond donors (Lipinski definition) is 1. The summed E-state index contributed by atoms with van der Waals surface area (Å²) >= 11 is 5.87. The van der Waals surface area contributed by atoms with Crippen molar-refractivity contribution in [3.05, 3.63) is 63.9 Å². The lowest BCUT2D eigenvalue weighted by molar-refractivity contribution is -0.119. The lowest BCUT2D eigenvalue weighted by Crippen LogP contribution is -2.39. The summed E-state index contributed by atoms with van der Waals surface area (Å²) in [7, 11) is -3.70. The van der Waals surface area contributed by atoms with Gasteiger partial charge in [-0.3, -0.25) is 9.10 Å². The zero-order valence-electron chi connectivity index (χ0n) is 15.0. The van der Waals surface area contributed by atoms with Gasteiger partial charge in [-0.15, -0.1) is 0 Å². The first-order valence-electron chi connectivity index (χ1n) is 7.91. The zero-order valence-corrected chi connectivity index (χ0v) is 16.6. The molecule has 0 aliphatic heterocycles. The van der Waals surface area contributed by atoms with Gasteiger partial charge in [-0.25, -0.2) is 18.2 Å². The summed E-state index contributed by atoms with van der Waals surface area (Å²) in [6.45, 7) is 3.16. The van der Waals surface area contributed by atoms with Gasteiger partial charge in [0.1, 0.15) is 12.4 Å². The molecular formula is C18H19ClFN3O3S. The summed E-state index contributed by atoms with van der Waals surface area (Å²) in [6, 6.07) is 9.33. The van der Waals surface area contributed by atoms with Crippen LogP contribution in [-0.4, -0.2) is 33.3 Å². The number of rotatable bonds is 6. The SMILES string of the molecule is Cc1cccc(N(CC(=O)N/N=C/c2c(F)cccc2Cl)S(C)(=O)=O)c1C. The van der Waals surface area contributed by atoms with Crippen molar-refractivity contribution in [1.29, 1.82) is 0 Å². The van der Waals surface area contributed by atoms with Crippen molar-refractivity contribution in [2.75, 3.05) is 17.1 Å². The van der Waals surface area contributed by atoms with Gasteiger partial charge in [0, 0.05) is 5.56 Å². The van der Waals surface area contributed by atoms with Crippen LogP contribution in [0.25, 0.3) is 0 Å². The Morgan fingerprint density at radius 2 is 1.93 bits per heavy atom. The molecule has 27 heavy (non-hydrogen) atoms. The van der Waals surface area contributed by atoms with E-state index in [9.17, 15) is 17.6 Å². The van der Waals surface area contributed by atoms with Crippen LogP contribution >= 0.6 is 11.6 Å². The average Bonchev–Trinajstić information content (AvgIpc) is 2.57. The first-order valence-corrected chi connectivity index (χ1v) is 10.1. The summed E-state index contributed by atoms with van der Waals surface area (Å²) in [5.74, 6) is -1.27. The Balaban J connectivity index is 2.18. The molecule has 0 bridgehead atoms. The maximum atomic E-state index is 13.7. The van der Waals surface area contributed by atoms with Crippen LogP contribution in [0.4, 0.5) is 10.1 Å². The van der Waals surface area contributed by atoms with E-state index in [1.807, 2.05) is 13.0 Å². The van der Waals surface area contributed by atoms with Gasteiger partial charge >= 0.3 is 0 Å². The quantitative estimate of drug-likeness (QED) is 0.586. The van der Waals surface area contributed by atoms with Gasteiger partial charge in [0.2, 0.25) is 10.0 Å². The van der Waals surface area contributed by atoms with Crippen molar-refractivity contribution in [3.63, 3.8) is 0 Å². The highest BCUT2D eigenvalue weighted by Gasteiger charge is 2.22. The molecule has 0 saturated heterocycles. The predicted octanol–water partition coefficient (Wildman–Crippen LogP) is 3.01. The van der Waals surface area contributed by atoms with Crippen LogP contribution in [0.5, 0.6) is 0 Å². The number of halogens is 2. The molecule has 1 amide bonds. The lowest BCUT2D eigenvalue weighted by Gasteiger charge is -2.23. The smallest absolute Gasteiger partial charge is 0.260 e. The molecule has 9 heteroatoms. The van der Waals surface area contributed by atoms with Crippen LogP contribution in [0.3, 0.4) is 0 Å². The maximum absolute atomic E-state index is 13.7. The number of carbonyl (C=O) groups excluding carboxylic acids is 1. The van der Waals surface area contributed by atoms with Gasteiger partial charge in [0.15, 0.2) is 0 Å². The molecule has 6 nitrogen and oxygen atoms in total. The zero-order chi connectivity index (χ0) is 20.2. The average molecular weight is 412 g/mol. The summed E-state index contributed by atoms with van der Waals surface area (Å²) in [4.78, 5) is 12.2. The lowest BCUT2D eigenvalue weighted by atomic mass is 10.1. The monoisotopic (exact) mass is 411 g/mol. The number of nitrogens with zero attached hydrogens (tertiary/aromatic N) is 2. The van der Waals surface area contributed by atoms with Crippen molar-refractivity contribution in [1.82, 2.24) is 5.43 Å². The molecule has 0 fully saturated rings. The number of benzene rings is 2. The Hall–Kier alpha value is -2.45. The van der Waals surface area contributed by atoms with E-state index in [0.29, 0.717) is 5.69 Å². The summed E-state index contributed by atoms with van der Waals surface area (Å²) < 4.78 is 39.0. The summed E-state index contributed by atoms with van der Waals surface area (Å²) in [6.07, 6.45) is 2.09. The second-order valence-electron chi connectivity index (χ2n) is 5.92. The molecular weight excluding hydrogens is 393 g/mol. The van der Waals surface area contributed by atoms with Crippen LogP contribution < -0.4 is 9.73 Å². The van der Waals surface area contributed by atoms with Gasteiger partial charge in [0.05, 0.1) is 23.2 Å². The molecule has 0 aromatic heterocycles. The van der Waals surface area contributed by atoms with Crippen molar-refractivity contribution >= 4 is 39.4 Å². The number of carbonyl (C=O) groups is 1. The number of anilines is 1. The van der Waals surface area contributed by atoms with E-state index in [1.165, 1.54) is 18.2 Å². The molecule has 0 saturated carbocycles. The molecule has 0 heterocycles. The van der Waals surface area contributed by atoms with Crippen LogP contribution in [0.15, 0.2) is 41.5 Å². The Kier molecular flexibility index (Phi) is 6.56. The van der Waals surface area contributed by atoms with Gasteiger partial charge in [-0.1, -0.05) is 29.8 Å². The number of hydrogen-bond acceptors (Lipinski definition) is 4. The molecule has 1 N–H and O–H groups in total. The Morgan fingerprint density at radius 1 is 1.26 bits per heavy atom. The van der Waals surface area contributed by atoms with E-state index in [2.05, 4.69) is 10.5 Å². The van der Waals surface area contributed by atoms with Gasteiger partial charge in [-0.2, -0.15) is 5.10 Å². The van der Waals surface area contributed by atoms with Crippen molar-refractivity contribution in [2.45, 2.75) is 13.8 Å². The minimum absolute atomic E-state index is 0.0222. The van der Waals surface area contributed by atoms with Gasteiger partial charge < -0.3 is 0 Å². The van der Waals surface area contributed by atoms with Gasteiger partial charge in [-0.05, 0) is 43.2 Å². The fraction of sp³-hybridized carbons (Fsp3) is 0.222. The molecule has 0 unspecified atom stereocenters. The maximum Gasteiger partial charge on any atom is 0.260 e. The molecule has 144 valence electrons. The third-order valence-corrected chi connectivity index (χ3v) is 5.37. The molecule has 0 atom stereocenters. The highest BCUT2D eigenvalue weighted by atomic mass is 35.5. The fourth-order valence-corrected chi connectivity index (χ4v) is 3.47. The minimum Gasteiger partial charge on any atom is -0.271 e. The number of nitrogens with one attached hydrogen (secondary N) is 1. The van der Waals surface area contributed by atoms with E-state index in [0.717, 1.165) is 27.9 Å². The number of hydrazone groups is 1. The van der Waals surface area contributed by atoms with Crippen LogP contribution in [0.2, 0.25) is 5.02 Å². The standard InChI is InChI=1S/C18H19ClFN3O3S/c1-12-6-4-9-17(13(12)2)23(27(3,25)26)11-18(24)22-21-10-14-15(19)7-5-8-16(14)20/h4-10H,11H2,1-3H3,(H,22,24)/b21-10+. The van der Waals surface area contributed by atoms with E-state index in [-0.39, 0.29) is 10.6 Å². The highest BCUT2D eigenvalue weighted by molar-refractivity contribution is 7.92. The van der Waals surface area contributed by atoms with Crippen molar-refractivity contribution in [2.24, 2.45) is 5.10 Å². The van der Waals surface area contributed by atoms with E-state index in [1.54, 1.807) is 19.1 Å². The number of amides is 1. The first-order chi connectivity index (χ1) is 12.6. The van der Waals surface area contributed by atoms with Crippen molar-refractivity contribution in [3.8, 4) is 0 Å². The normalized spacial score (nSPS) is 11.6. The second-order valence-corrected chi connectivity index (χ2v) is 8.23. The van der Waals surface area contributed by atoms with Gasteiger partial charge in [0.25, 0.3) is 5.91 Å². The van der Waals surface area contributed by atoms with Crippen LogP contribution in [0.1, 0.15) is 16.7 Å². The Labute approximate surface area is 162 Å². The largest absolute Gasteiger partial charge is 0.271 e. The molecule has 0 aliphatic carbocycles. The molecule has 0 radical (unpaired) electrons. The molecule has 2 aromatic carbocycles. The minimum atomic E-state index is -3.70. The number of aryl methyl sites for hydroxylation is 1. The molecule has 2 aromatic rings. The molecule has 0 spiro atoms. The first kappa shape index (κ1) is 20.9. The third kappa shape index (κ3) is 5.27. The van der Waals surface area contributed by atoms with E-state index in [4.69, 9.17) is 11.6 Å². The molecule has 0 aliphatic rings. The fourth-order valence-electron chi connectivity index (χ4n) is 2.36. The highest BCUT2D eigenvalue weighted by Crippen LogP contribution is 2.24. The Morgan fingerprint density at radius 3 is 2.56 bits per heavy atom.